The number of cyclic esters (lactones) is 1. The normalized spacial score (nSPS) is 26.6. The first-order valence-electron chi connectivity index (χ1n) is 6.48. The molecule has 20 heavy (non-hydrogen) atoms. The molecule has 0 aliphatic carbocycles. The molecule has 5 heteroatoms. The molecule has 0 N–H and O–H groups in total. The van der Waals surface area contributed by atoms with E-state index in [9.17, 15) is 9.18 Å². The number of benzene rings is 1. The lowest BCUT2D eigenvalue weighted by Gasteiger charge is -2.26. The fraction of sp³-hybridized carbons (Fsp3) is 0.533. The number of rotatable bonds is 3. The first-order valence-corrected chi connectivity index (χ1v) is 7.46. The van der Waals surface area contributed by atoms with E-state index >= 15 is 0 Å². The van der Waals surface area contributed by atoms with Crippen LogP contribution >= 0.6 is 11.8 Å². The standard InChI is InChI=1S/C15H19FO3S/c1-14(2,3)13-18-12(17)15(4,19-13)9-20-11-7-5-10(16)6-8-11/h5-8,13H,9H2,1-4H3/t13-,15+/m1/s1. The molecule has 0 spiro atoms. The Morgan fingerprint density at radius 3 is 2.40 bits per heavy atom. The fourth-order valence-electron chi connectivity index (χ4n) is 1.73. The molecule has 0 radical (unpaired) electrons. The van der Waals surface area contributed by atoms with Gasteiger partial charge in [0.1, 0.15) is 5.82 Å². The number of carbonyl (C=O) groups is 1. The van der Waals surface area contributed by atoms with E-state index in [0.717, 1.165) is 4.90 Å². The Morgan fingerprint density at radius 1 is 1.30 bits per heavy atom. The Morgan fingerprint density at radius 2 is 1.90 bits per heavy atom. The molecule has 1 aliphatic rings. The van der Waals surface area contributed by atoms with Crippen LogP contribution in [0.1, 0.15) is 27.7 Å². The summed E-state index contributed by atoms with van der Waals surface area (Å²) in [5, 5.41) is 0. The molecule has 0 amide bonds. The van der Waals surface area contributed by atoms with Gasteiger partial charge in [0.15, 0.2) is 5.60 Å². The number of hydrogen-bond acceptors (Lipinski definition) is 4. The minimum atomic E-state index is -0.961. The fourth-order valence-corrected chi connectivity index (χ4v) is 2.69. The Kier molecular flexibility index (Phi) is 4.12. The zero-order valence-electron chi connectivity index (χ0n) is 12.1. The van der Waals surface area contributed by atoms with Crippen molar-refractivity contribution < 1.29 is 18.7 Å². The zero-order chi connectivity index (χ0) is 15.0. The van der Waals surface area contributed by atoms with Crippen LogP contribution in [0, 0.1) is 11.2 Å². The predicted molar refractivity (Wildman–Crippen MR) is 75.9 cm³/mol. The van der Waals surface area contributed by atoms with E-state index in [-0.39, 0.29) is 17.2 Å². The second-order valence-corrected chi connectivity index (χ2v) is 7.24. The smallest absolute Gasteiger partial charge is 0.341 e. The van der Waals surface area contributed by atoms with Gasteiger partial charge in [-0.05, 0) is 31.2 Å². The van der Waals surface area contributed by atoms with Gasteiger partial charge in [-0.25, -0.2) is 9.18 Å². The second-order valence-electron chi connectivity index (χ2n) is 6.19. The van der Waals surface area contributed by atoms with Gasteiger partial charge in [-0.2, -0.15) is 0 Å². The van der Waals surface area contributed by atoms with Crippen LogP contribution in [0.15, 0.2) is 29.2 Å². The zero-order valence-corrected chi connectivity index (χ0v) is 12.9. The monoisotopic (exact) mass is 298 g/mol. The van der Waals surface area contributed by atoms with Crippen LogP contribution in [0.4, 0.5) is 4.39 Å². The summed E-state index contributed by atoms with van der Waals surface area (Å²) in [6, 6.07) is 6.17. The molecule has 2 rings (SSSR count). The largest absolute Gasteiger partial charge is 0.433 e. The minimum absolute atomic E-state index is 0.256. The summed E-state index contributed by atoms with van der Waals surface area (Å²) in [4.78, 5) is 12.9. The lowest BCUT2D eigenvalue weighted by atomic mass is 9.96. The van der Waals surface area contributed by atoms with Gasteiger partial charge < -0.3 is 9.47 Å². The number of carbonyl (C=O) groups excluding carboxylic acids is 1. The molecule has 1 aromatic carbocycles. The molecule has 0 aromatic heterocycles. The van der Waals surface area contributed by atoms with Crippen LogP contribution < -0.4 is 0 Å². The van der Waals surface area contributed by atoms with E-state index in [1.807, 2.05) is 20.8 Å². The van der Waals surface area contributed by atoms with Crippen molar-refractivity contribution in [1.29, 1.82) is 0 Å². The number of esters is 1. The maximum atomic E-state index is 12.8. The molecule has 0 bridgehead atoms. The third-order valence-corrected chi connectivity index (χ3v) is 4.35. The summed E-state index contributed by atoms with van der Waals surface area (Å²) in [6.45, 7) is 7.62. The van der Waals surface area contributed by atoms with Crippen molar-refractivity contribution >= 4 is 17.7 Å². The van der Waals surface area contributed by atoms with Crippen LogP contribution in [0.25, 0.3) is 0 Å². The molecule has 3 nitrogen and oxygen atoms in total. The van der Waals surface area contributed by atoms with E-state index < -0.39 is 11.9 Å². The quantitative estimate of drug-likeness (QED) is 0.630. The number of ether oxygens (including phenoxy) is 2. The summed E-state index contributed by atoms with van der Waals surface area (Å²) in [5.41, 5.74) is -1.22. The van der Waals surface area contributed by atoms with Gasteiger partial charge in [-0.3, -0.25) is 0 Å². The summed E-state index contributed by atoms with van der Waals surface area (Å²) in [7, 11) is 0. The van der Waals surface area contributed by atoms with Crippen LogP contribution in [-0.2, 0) is 14.3 Å². The molecule has 1 fully saturated rings. The van der Waals surface area contributed by atoms with Crippen molar-refractivity contribution in [1.82, 2.24) is 0 Å². The summed E-state index contributed by atoms with van der Waals surface area (Å²) < 4.78 is 24.0. The third-order valence-electron chi connectivity index (χ3n) is 3.05. The first kappa shape index (κ1) is 15.3. The number of hydrogen-bond donors (Lipinski definition) is 0. The lowest BCUT2D eigenvalue weighted by molar-refractivity contribution is -0.155. The SMILES string of the molecule is CC(C)(C)[C@@H]1OC(=O)[C@](C)(CSc2ccc(F)cc2)O1. The van der Waals surface area contributed by atoms with Crippen molar-refractivity contribution in [3.8, 4) is 0 Å². The number of thioether (sulfide) groups is 1. The van der Waals surface area contributed by atoms with Crippen molar-refractivity contribution in [2.24, 2.45) is 5.41 Å². The molecule has 2 atom stereocenters. The first-order chi connectivity index (χ1) is 9.21. The van der Waals surface area contributed by atoms with Gasteiger partial charge in [0.05, 0.1) is 0 Å². The minimum Gasteiger partial charge on any atom is -0.433 e. The van der Waals surface area contributed by atoms with Crippen molar-refractivity contribution in [3.63, 3.8) is 0 Å². The number of halogens is 1. The molecule has 1 heterocycles. The van der Waals surface area contributed by atoms with E-state index in [0.29, 0.717) is 5.75 Å². The van der Waals surface area contributed by atoms with Crippen molar-refractivity contribution in [2.75, 3.05) is 5.75 Å². The van der Waals surface area contributed by atoms with Crippen LogP contribution in [0.2, 0.25) is 0 Å². The Labute approximate surface area is 122 Å². The predicted octanol–water partition coefficient (Wildman–Crippen LogP) is 3.62. The van der Waals surface area contributed by atoms with Crippen LogP contribution in [-0.4, -0.2) is 23.6 Å². The highest BCUT2D eigenvalue weighted by Gasteiger charge is 2.50. The van der Waals surface area contributed by atoms with Crippen LogP contribution in [0.5, 0.6) is 0 Å². The Hall–Kier alpha value is -1.07. The molecule has 110 valence electrons. The molecular weight excluding hydrogens is 279 g/mol. The van der Waals surface area contributed by atoms with Crippen molar-refractivity contribution in [2.45, 2.75) is 44.5 Å². The maximum Gasteiger partial charge on any atom is 0.341 e. The van der Waals surface area contributed by atoms with Gasteiger partial charge in [-0.1, -0.05) is 20.8 Å². The average Bonchev–Trinajstić information content (AvgIpc) is 2.66. The topological polar surface area (TPSA) is 35.5 Å². The maximum absolute atomic E-state index is 12.8. The van der Waals surface area contributed by atoms with Gasteiger partial charge >= 0.3 is 5.97 Å². The van der Waals surface area contributed by atoms with Gasteiger partial charge in [0.25, 0.3) is 0 Å². The Bertz CT molecular complexity index is 495. The highest BCUT2D eigenvalue weighted by molar-refractivity contribution is 7.99. The molecule has 1 aliphatic heterocycles. The summed E-state index contributed by atoms with van der Waals surface area (Å²) in [5.74, 6) is -0.179. The Balaban J connectivity index is 2.01. The lowest BCUT2D eigenvalue weighted by Crippen LogP contribution is -2.36. The van der Waals surface area contributed by atoms with Gasteiger partial charge in [0, 0.05) is 16.1 Å². The van der Waals surface area contributed by atoms with Gasteiger partial charge in [0.2, 0.25) is 6.29 Å². The van der Waals surface area contributed by atoms with E-state index in [4.69, 9.17) is 9.47 Å². The summed E-state index contributed by atoms with van der Waals surface area (Å²) >= 11 is 1.45. The van der Waals surface area contributed by atoms with E-state index in [1.165, 1.54) is 23.9 Å². The summed E-state index contributed by atoms with van der Waals surface area (Å²) in [6.07, 6.45) is -0.534. The highest BCUT2D eigenvalue weighted by atomic mass is 32.2. The average molecular weight is 298 g/mol. The molecule has 0 saturated carbocycles. The van der Waals surface area contributed by atoms with Gasteiger partial charge in [-0.15, -0.1) is 11.8 Å². The van der Waals surface area contributed by atoms with Crippen LogP contribution in [0.3, 0.4) is 0 Å². The molecule has 1 aromatic rings. The van der Waals surface area contributed by atoms with Crippen molar-refractivity contribution in [3.05, 3.63) is 30.1 Å². The second kappa shape index (κ2) is 5.37. The molecule has 0 unspecified atom stereocenters. The van der Waals surface area contributed by atoms with E-state index in [1.54, 1.807) is 19.1 Å². The highest BCUT2D eigenvalue weighted by Crippen LogP contribution is 2.37. The molecular formula is C15H19FO3S. The third kappa shape index (κ3) is 3.33. The molecule has 1 saturated heterocycles. The van der Waals surface area contributed by atoms with E-state index in [2.05, 4.69) is 0 Å².